The summed E-state index contributed by atoms with van der Waals surface area (Å²) in [6.45, 7) is 0.227. The van der Waals surface area contributed by atoms with Crippen molar-refractivity contribution in [3.8, 4) is 0 Å². The summed E-state index contributed by atoms with van der Waals surface area (Å²) in [4.78, 5) is 11.0. The van der Waals surface area contributed by atoms with E-state index < -0.39 is 5.91 Å². The minimum absolute atomic E-state index is 0.103. The molecule has 0 fully saturated rings. The molecule has 6 nitrogen and oxygen atoms in total. The van der Waals surface area contributed by atoms with Crippen LogP contribution in [0.2, 0.25) is 0 Å². The largest absolute Gasteiger partial charge is 0.397 e. The van der Waals surface area contributed by atoms with Crippen LogP contribution in [0.15, 0.2) is 18.2 Å². The molecule has 1 aromatic rings. The molecule has 0 heterocycles. The number of aliphatic hydroxyl groups is 1. The van der Waals surface area contributed by atoms with E-state index in [2.05, 4.69) is 5.32 Å². The van der Waals surface area contributed by atoms with Crippen molar-refractivity contribution in [1.29, 1.82) is 0 Å². The fraction of sp³-hybridized carbons (Fsp3) is 0.364. The van der Waals surface area contributed by atoms with Crippen molar-refractivity contribution in [2.75, 3.05) is 31.4 Å². The Morgan fingerprint density at radius 2 is 2.29 bits per heavy atom. The molecule has 94 valence electrons. The van der Waals surface area contributed by atoms with Gasteiger partial charge in [-0.1, -0.05) is 0 Å². The summed E-state index contributed by atoms with van der Waals surface area (Å²) in [6.07, 6.45) is 0. The molecule has 17 heavy (non-hydrogen) atoms. The van der Waals surface area contributed by atoms with E-state index in [9.17, 15) is 4.79 Å². The van der Waals surface area contributed by atoms with Crippen molar-refractivity contribution in [2.24, 2.45) is 5.73 Å². The van der Waals surface area contributed by atoms with Gasteiger partial charge in [0.2, 0.25) is 5.91 Å². The lowest BCUT2D eigenvalue weighted by atomic mass is 10.1. The molecule has 6 N–H and O–H groups in total. The lowest BCUT2D eigenvalue weighted by Gasteiger charge is -2.18. The highest BCUT2D eigenvalue weighted by Gasteiger charge is 2.10. The molecule has 0 radical (unpaired) electrons. The van der Waals surface area contributed by atoms with Gasteiger partial charge < -0.3 is 26.6 Å². The second-order valence-corrected chi connectivity index (χ2v) is 3.65. The third-order valence-electron chi connectivity index (χ3n) is 2.29. The summed E-state index contributed by atoms with van der Waals surface area (Å²) >= 11 is 0. The number of primary amides is 1. The van der Waals surface area contributed by atoms with Gasteiger partial charge in [0, 0.05) is 12.7 Å². The summed E-state index contributed by atoms with van der Waals surface area (Å²) in [6, 6.07) is 4.40. The van der Waals surface area contributed by atoms with Crippen molar-refractivity contribution in [3.63, 3.8) is 0 Å². The number of nitrogens with two attached hydrogens (primary N) is 2. The number of aliphatic hydroxyl groups excluding tert-OH is 1. The van der Waals surface area contributed by atoms with E-state index in [4.69, 9.17) is 21.3 Å². The number of nitrogens with one attached hydrogen (secondary N) is 1. The number of hydrogen-bond acceptors (Lipinski definition) is 5. The van der Waals surface area contributed by atoms with E-state index in [1.54, 1.807) is 18.2 Å². The molecule has 0 spiro atoms. The van der Waals surface area contributed by atoms with Gasteiger partial charge in [0.15, 0.2) is 0 Å². The van der Waals surface area contributed by atoms with Crippen molar-refractivity contribution in [2.45, 2.75) is 6.04 Å². The first-order chi connectivity index (χ1) is 8.08. The Kier molecular flexibility index (Phi) is 4.74. The topological polar surface area (TPSA) is 111 Å². The molecule has 0 saturated carbocycles. The van der Waals surface area contributed by atoms with Crippen LogP contribution >= 0.6 is 0 Å². The number of rotatable bonds is 6. The minimum atomic E-state index is -0.527. The van der Waals surface area contributed by atoms with Gasteiger partial charge in [0.25, 0.3) is 0 Å². The average molecular weight is 239 g/mol. The fourth-order valence-electron chi connectivity index (χ4n) is 1.40. The first-order valence-corrected chi connectivity index (χ1v) is 5.14. The van der Waals surface area contributed by atoms with Crippen molar-refractivity contribution < 1.29 is 14.6 Å². The van der Waals surface area contributed by atoms with Crippen LogP contribution in [0.5, 0.6) is 0 Å². The number of hydrogen-bond donors (Lipinski definition) is 4. The molecule has 0 aliphatic heterocycles. The van der Waals surface area contributed by atoms with Gasteiger partial charge >= 0.3 is 0 Å². The van der Waals surface area contributed by atoms with Gasteiger partial charge in [-0.25, -0.2) is 0 Å². The predicted octanol–water partition coefficient (Wildman–Crippen LogP) is -0.213. The van der Waals surface area contributed by atoms with E-state index in [0.29, 0.717) is 23.5 Å². The van der Waals surface area contributed by atoms with E-state index in [1.807, 2.05) is 0 Å². The molecule has 0 saturated heterocycles. The predicted molar refractivity (Wildman–Crippen MR) is 65.7 cm³/mol. The zero-order chi connectivity index (χ0) is 12.8. The quantitative estimate of drug-likeness (QED) is 0.513. The van der Waals surface area contributed by atoms with Gasteiger partial charge in [-0.15, -0.1) is 0 Å². The van der Waals surface area contributed by atoms with Crippen molar-refractivity contribution in [1.82, 2.24) is 0 Å². The smallest absolute Gasteiger partial charge is 0.248 e. The number of carbonyl (C=O) groups is 1. The Hall–Kier alpha value is -1.79. The van der Waals surface area contributed by atoms with Crippen LogP contribution in [0, 0.1) is 0 Å². The summed E-state index contributed by atoms with van der Waals surface area (Å²) in [7, 11) is 1.54. The summed E-state index contributed by atoms with van der Waals surface area (Å²) < 4.78 is 4.93. The van der Waals surface area contributed by atoms with Gasteiger partial charge in [0.1, 0.15) is 0 Å². The molecule has 1 atom stereocenters. The van der Waals surface area contributed by atoms with Crippen LogP contribution in [-0.2, 0) is 4.74 Å². The number of nitrogen functional groups attached to an aromatic ring is 1. The normalized spacial score (nSPS) is 12.1. The Balaban J connectivity index is 2.88. The van der Waals surface area contributed by atoms with Gasteiger partial charge in [0.05, 0.1) is 30.6 Å². The second kappa shape index (κ2) is 6.07. The van der Waals surface area contributed by atoms with Gasteiger partial charge in [-0.2, -0.15) is 0 Å². The third kappa shape index (κ3) is 3.61. The van der Waals surface area contributed by atoms with Crippen LogP contribution in [0.25, 0.3) is 0 Å². The van der Waals surface area contributed by atoms with Gasteiger partial charge in [-0.3, -0.25) is 4.79 Å². The van der Waals surface area contributed by atoms with Crippen molar-refractivity contribution >= 4 is 17.3 Å². The lowest BCUT2D eigenvalue weighted by molar-refractivity contribution is 0.100. The molecular formula is C11H17N3O3. The highest BCUT2D eigenvalue weighted by molar-refractivity contribution is 5.94. The number of anilines is 2. The summed E-state index contributed by atoms with van der Waals surface area (Å²) in [5.41, 5.74) is 12.3. The van der Waals surface area contributed by atoms with Crippen LogP contribution in [0.3, 0.4) is 0 Å². The first kappa shape index (κ1) is 13.3. The Morgan fingerprint density at radius 3 is 2.82 bits per heavy atom. The van der Waals surface area contributed by atoms with E-state index in [-0.39, 0.29) is 12.6 Å². The monoisotopic (exact) mass is 239 g/mol. The van der Waals surface area contributed by atoms with Crippen LogP contribution in [0.4, 0.5) is 11.4 Å². The minimum Gasteiger partial charge on any atom is -0.397 e. The van der Waals surface area contributed by atoms with Crippen LogP contribution in [-0.4, -0.2) is 37.4 Å². The maximum atomic E-state index is 11.0. The van der Waals surface area contributed by atoms with E-state index in [0.717, 1.165) is 0 Å². The molecule has 1 unspecified atom stereocenters. The number of amides is 1. The van der Waals surface area contributed by atoms with E-state index in [1.165, 1.54) is 7.11 Å². The second-order valence-electron chi connectivity index (χ2n) is 3.65. The molecule has 0 aliphatic carbocycles. The highest BCUT2D eigenvalue weighted by atomic mass is 16.5. The Morgan fingerprint density at radius 1 is 1.59 bits per heavy atom. The number of methoxy groups -OCH3 is 1. The molecule has 0 bridgehead atoms. The molecular weight excluding hydrogens is 222 g/mol. The zero-order valence-corrected chi connectivity index (χ0v) is 9.64. The SMILES string of the molecule is COCC(CO)Nc1cc(C(N)=O)ccc1N. The number of ether oxygens (including phenoxy) is 1. The number of carbonyl (C=O) groups excluding carboxylic acids is 1. The molecule has 1 rings (SSSR count). The standard InChI is InChI=1S/C11H17N3O3/c1-17-6-8(5-15)14-10-4-7(11(13)16)2-3-9(10)12/h2-4,8,14-15H,5-6,12H2,1H3,(H2,13,16). The number of benzene rings is 1. The average Bonchev–Trinajstić information content (AvgIpc) is 2.30. The Labute approximate surface area is 99.6 Å². The fourth-order valence-corrected chi connectivity index (χ4v) is 1.40. The molecule has 6 heteroatoms. The molecule has 0 aromatic heterocycles. The summed E-state index contributed by atoms with van der Waals surface area (Å²) in [5.74, 6) is -0.527. The molecule has 1 aromatic carbocycles. The van der Waals surface area contributed by atoms with Crippen LogP contribution in [0.1, 0.15) is 10.4 Å². The first-order valence-electron chi connectivity index (χ1n) is 5.14. The van der Waals surface area contributed by atoms with E-state index >= 15 is 0 Å². The highest BCUT2D eigenvalue weighted by Crippen LogP contribution is 2.20. The zero-order valence-electron chi connectivity index (χ0n) is 9.64. The molecule has 0 aliphatic rings. The van der Waals surface area contributed by atoms with Crippen LogP contribution < -0.4 is 16.8 Å². The maximum absolute atomic E-state index is 11.0. The molecule has 1 amide bonds. The van der Waals surface area contributed by atoms with Gasteiger partial charge in [-0.05, 0) is 18.2 Å². The lowest BCUT2D eigenvalue weighted by Crippen LogP contribution is -2.29. The summed E-state index contributed by atoms with van der Waals surface area (Å²) in [5, 5.41) is 12.1. The maximum Gasteiger partial charge on any atom is 0.248 e. The Bertz CT molecular complexity index is 396. The third-order valence-corrected chi connectivity index (χ3v) is 2.29. The van der Waals surface area contributed by atoms with Crippen molar-refractivity contribution in [3.05, 3.63) is 23.8 Å².